The Morgan fingerprint density at radius 3 is 2.71 bits per heavy atom. The van der Waals surface area contributed by atoms with E-state index in [0.29, 0.717) is 12.2 Å². The zero-order valence-electron chi connectivity index (χ0n) is 16.3. The normalized spacial score (nSPS) is 11.9. The van der Waals surface area contributed by atoms with Crippen molar-refractivity contribution in [2.45, 2.75) is 6.04 Å². The van der Waals surface area contributed by atoms with Gasteiger partial charge in [-0.2, -0.15) is 5.10 Å². The van der Waals surface area contributed by atoms with E-state index in [9.17, 15) is 4.79 Å². The van der Waals surface area contributed by atoms with E-state index >= 15 is 0 Å². The summed E-state index contributed by atoms with van der Waals surface area (Å²) in [5, 5.41) is 10.1. The largest absolute Gasteiger partial charge is 0.497 e. The molecule has 1 unspecified atom stereocenters. The van der Waals surface area contributed by atoms with Crippen molar-refractivity contribution in [3.8, 4) is 11.4 Å². The molecule has 146 valence electrons. The molecule has 1 aromatic heterocycles. The maximum Gasteiger partial charge on any atom is 0.319 e. The molecule has 7 nitrogen and oxygen atoms in total. The van der Waals surface area contributed by atoms with Crippen molar-refractivity contribution in [1.82, 2.24) is 20.0 Å². The number of hydrogen-bond acceptors (Lipinski definition) is 4. The zero-order chi connectivity index (χ0) is 19.9. The molecule has 0 aliphatic rings. The third kappa shape index (κ3) is 4.69. The molecule has 0 aliphatic heterocycles. The molecule has 0 fully saturated rings. The lowest BCUT2D eigenvalue weighted by Gasteiger charge is -2.25. The van der Waals surface area contributed by atoms with Crippen molar-refractivity contribution >= 4 is 11.7 Å². The first-order chi connectivity index (χ1) is 13.6. The molecule has 1 atom stereocenters. The zero-order valence-corrected chi connectivity index (χ0v) is 16.3. The lowest BCUT2D eigenvalue weighted by molar-refractivity contribution is 0.243. The Bertz CT molecular complexity index is 909. The number of carbonyl (C=O) groups excluding carboxylic acids is 1. The quantitative estimate of drug-likeness (QED) is 0.661. The summed E-state index contributed by atoms with van der Waals surface area (Å²) in [6, 6.07) is 17.0. The smallest absolute Gasteiger partial charge is 0.319 e. The van der Waals surface area contributed by atoms with Crippen LogP contribution in [0.15, 0.2) is 67.0 Å². The lowest BCUT2D eigenvalue weighted by atomic mass is 10.1. The lowest BCUT2D eigenvalue weighted by Crippen LogP contribution is -2.37. The molecule has 3 aromatic rings. The van der Waals surface area contributed by atoms with Gasteiger partial charge >= 0.3 is 6.03 Å². The van der Waals surface area contributed by atoms with E-state index in [0.717, 1.165) is 17.0 Å². The van der Waals surface area contributed by atoms with Crippen LogP contribution in [0.5, 0.6) is 5.75 Å². The first-order valence-corrected chi connectivity index (χ1v) is 9.02. The number of ether oxygens (including phenoxy) is 1. The van der Waals surface area contributed by atoms with Crippen LogP contribution in [0.2, 0.25) is 0 Å². The van der Waals surface area contributed by atoms with Gasteiger partial charge in [-0.3, -0.25) is 0 Å². The predicted octanol–water partition coefficient (Wildman–Crippen LogP) is 3.31. The summed E-state index contributed by atoms with van der Waals surface area (Å²) < 4.78 is 7.03. The third-order valence-corrected chi connectivity index (χ3v) is 4.46. The monoisotopic (exact) mass is 379 g/mol. The van der Waals surface area contributed by atoms with Crippen LogP contribution in [0.25, 0.3) is 5.69 Å². The number of nitrogens with zero attached hydrogens (tertiary/aromatic N) is 3. The topological polar surface area (TPSA) is 71.4 Å². The molecule has 0 bridgehead atoms. The average molecular weight is 379 g/mol. The summed E-state index contributed by atoms with van der Waals surface area (Å²) in [5.41, 5.74) is 2.56. The molecule has 0 aliphatic carbocycles. The standard InChI is InChI=1S/C21H25N5O2/c1-25(2)20(16-8-6-9-17(14-16)28-3)15-22-21(27)24-18-10-4-5-11-19(18)26-13-7-12-23-26/h4-14,20H,15H2,1-3H3,(H2,22,24,27). The highest BCUT2D eigenvalue weighted by atomic mass is 16.5. The Balaban J connectivity index is 1.68. The van der Waals surface area contributed by atoms with Gasteiger partial charge in [-0.05, 0) is 50.0 Å². The molecule has 2 N–H and O–H groups in total. The minimum Gasteiger partial charge on any atom is -0.497 e. The first-order valence-electron chi connectivity index (χ1n) is 9.02. The van der Waals surface area contributed by atoms with Crippen molar-refractivity contribution < 1.29 is 9.53 Å². The van der Waals surface area contributed by atoms with Crippen LogP contribution in [-0.2, 0) is 0 Å². The van der Waals surface area contributed by atoms with Crippen molar-refractivity contribution in [3.63, 3.8) is 0 Å². The molecular formula is C21H25N5O2. The molecule has 28 heavy (non-hydrogen) atoms. The van der Waals surface area contributed by atoms with E-state index in [-0.39, 0.29) is 12.1 Å². The maximum absolute atomic E-state index is 12.5. The number of aromatic nitrogens is 2. The van der Waals surface area contributed by atoms with Crippen LogP contribution in [0.1, 0.15) is 11.6 Å². The summed E-state index contributed by atoms with van der Waals surface area (Å²) in [6.45, 7) is 0.454. The molecule has 0 saturated carbocycles. The summed E-state index contributed by atoms with van der Waals surface area (Å²) in [6.07, 6.45) is 3.54. The van der Waals surface area contributed by atoms with E-state index in [1.807, 2.05) is 74.9 Å². The molecule has 3 rings (SSSR count). The number of benzene rings is 2. The van der Waals surface area contributed by atoms with E-state index in [1.165, 1.54) is 0 Å². The second-order valence-electron chi connectivity index (χ2n) is 6.56. The van der Waals surface area contributed by atoms with Gasteiger partial charge in [0.15, 0.2) is 0 Å². The highest BCUT2D eigenvalue weighted by Gasteiger charge is 2.16. The van der Waals surface area contributed by atoms with Crippen molar-refractivity contribution in [2.24, 2.45) is 0 Å². The Hall–Kier alpha value is -3.32. The fraction of sp³-hybridized carbons (Fsp3) is 0.238. The highest BCUT2D eigenvalue weighted by Crippen LogP contribution is 2.22. The van der Waals surface area contributed by atoms with Gasteiger partial charge in [0.25, 0.3) is 0 Å². The van der Waals surface area contributed by atoms with Crippen LogP contribution in [-0.4, -0.2) is 48.5 Å². The van der Waals surface area contributed by atoms with E-state index in [4.69, 9.17) is 4.74 Å². The first kappa shape index (κ1) is 19.4. The summed E-state index contributed by atoms with van der Waals surface area (Å²) in [7, 11) is 5.61. The minimum absolute atomic E-state index is 0.0159. The molecule has 0 radical (unpaired) electrons. The fourth-order valence-corrected chi connectivity index (χ4v) is 2.99. The number of amides is 2. The summed E-state index contributed by atoms with van der Waals surface area (Å²) >= 11 is 0. The maximum atomic E-state index is 12.5. The minimum atomic E-state index is -0.269. The second-order valence-corrected chi connectivity index (χ2v) is 6.56. The third-order valence-electron chi connectivity index (χ3n) is 4.46. The molecule has 0 spiro atoms. The Morgan fingerprint density at radius 1 is 1.18 bits per heavy atom. The number of methoxy groups -OCH3 is 1. The Morgan fingerprint density at radius 2 is 2.00 bits per heavy atom. The number of nitrogens with one attached hydrogen (secondary N) is 2. The molecule has 1 heterocycles. The van der Waals surface area contributed by atoms with Crippen LogP contribution in [0.3, 0.4) is 0 Å². The molecule has 7 heteroatoms. The van der Waals surface area contributed by atoms with Gasteiger partial charge in [0.1, 0.15) is 5.75 Å². The van der Waals surface area contributed by atoms with E-state index < -0.39 is 0 Å². The van der Waals surface area contributed by atoms with Gasteiger partial charge in [-0.25, -0.2) is 9.48 Å². The van der Waals surface area contributed by atoms with Crippen LogP contribution >= 0.6 is 0 Å². The number of rotatable bonds is 7. The highest BCUT2D eigenvalue weighted by molar-refractivity contribution is 5.91. The number of urea groups is 1. The van der Waals surface area contributed by atoms with Crippen molar-refractivity contribution in [1.29, 1.82) is 0 Å². The Labute approximate surface area is 164 Å². The van der Waals surface area contributed by atoms with Crippen LogP contribution in [0.4, 0.5) is 10.5 Å². The molecular weight excluding hydrogens is 354 g/mol. The van der Waals surface area contributed by atoms with E-state index in [1.54, 1.807) is 18.0 Å². The predicted molar refractivity (Wildman–Crippen MR) is 110 cm³/mol. The number of anilines is 1. The summed E-state index contributed by atoms with van der Waals surface area (Å²) in [4.78, 5) is 14.6. The van der Waals surface area contributed by atoms with Crippen LogP contribution in [0, 0.1) is 0 Å². The molecule has 2 amide bonds. The Kier molecular flexibility index (Phi) is 6.29. The fourth-order valence-electron chi connectivity index (χ4n) is 2.99. The number of hydrogen-bond donors (Lipinski definition) is 2. The van der Waals surface area contributed by atoms with Gasteiger partial charge in [0.05, 0.1) is 24.5 Å². The second kappa shape index (κ2) is 9.05. The van der Waals surface area contributed by atoms with Crippen LogP contribution < -0.4 is 15.4 Å². The van der Waals surface area contributed by atoms with E-state index in [2.05, 4.69) is 20.6 Å². The molecule has 0 saturated heterocycles. The number of para-hydroxylation sites is 2. The number of carbonyl (C=O) groups is 1. The average Bonchev–Trinajstić information content (AvgIpc) is 3.23. The molecule has 2 aromatic carbocycles. The van der Waals surface area contributed by atoms with Gasteiger partial charge in [-0.15, -0.1) is 0 Å². The van der Waals surface area contributed by atoms with Gasteiger partial charge in [0.2, 0.25) is 0 Å². The van der Waals surface area contributed by atoms with Gasteiger partial charge < -0.3 is 20.3 Å². The summed E-state index contributed by atoms with van der Waals surface area (Å²) in [5.74, 6) is 0.793. The van der Waals surface area contributed by atoms with Gasteiger partial charge in [-0.1, -0.05) is 24.3 Å². The SMILES string of the molecule is COc1cccc(C(CNC(=O)Nc2ccccc2-n2cccn2)N(C)C)c1. The van der Waals surface area contributed by atoms with Crippen molar-refractivity contribution in [2.75, 3.05) is 33.1 Å². The van der Waals surface area contributed by atoms with Crippen molar-refractivity contribution in [3.05, 3.63) is 72.6 Å². The number of likely N-dealkylation sites (N-methyl/N-ethyl adjacent to an activating group) is 1. The van der Waals surface area contributed by atoms with Gasteiger partial charge in [0, 0.05) is 18.9 Å².